The number of hydrogen-bond acceptors (Lipinski definition) is 3. The van der Waals surface area contributed by atoms with Crippen LogP contribution in [0.25, 0.3) is 5.76 Å². The van der Waals surface area contributed by atoms with Gasteiger partial charge in [0.25, 0.3) is 5.91 Å². The molecule has 18 heavy (non-hydrogen) atoms. The van der Waals surface area contributed by atoms with Crippen LogP contribution in [0.5, 0.6) is 5.75 Å². The first kappa shape index (κ1) is 12.5. The van der Waals surface area contributed by atoms with Crippen molar-refractivity contribution >= 4 is 23.3 Å². The monoisotopic (exact) mass is 265 g/mol. The summed E-state index contributed by atoms with van der Waals surface area (Å²) in [5, 5.41) is 12.9. The highest BCUT2D eigenvalue weighted by atomic mass is 35.5. The summed E-state index contributed by atoms with van der Waals surface area (Å²) in [5.74, 6) is 0.0812. The Labute approximate surface area is 110 Å². The van der Waals surface area contributed by atoms with E-state index in [9.17, 15) is 9.90 Å². The molecular formula is C13H12ClNO3. The topological polar surface area (TPSA) is 58.6 Å². The molecule has 1 amide bonds. The molecule has 4 nitrogen and oxygen atoms in total. The molecular weight excluding hydrogens is 254 g/mol. The fourth-order valence-corrected chi connectivity index (χ4v) is 1.78. The van der Waals surface area contributed by atoms with Gasteiger partial charge >= 0.3 is 0 Å². The molecule has 1 aliphatic rings. The Balaban J connectivity index is 2.22. The first-order chi connectivity index (χ1) is 8.61. The molecule has 0 bridgehead atoms. The highest BCUT2D eigenvalue weighted by molar-refractivity contribution is 6.30. The van der Waals surface area contributed by atoms with Gasteiger partial charge in [0.2, 0.25) is 0 Å². The molecule has 1 aromatic carbocycles. The SMILES string of the molecule is C=CCNC(=O)C1C=C(O)c2cc(Cl)ccc2O1. The fourth-order valence-electron chi connectivity index (χ4n) is 1.61. The number of aliphatic hydroxyl groups is 1. The molecule has 0 saturated carbocycles. The van der Waals surface area contributed by atoms with E-state index in [0.717, 1.165) is 0 Å². The molecule has 1 aromatic rings. The second kappa shape index (κ2) is 5.14. The van der Waals surface area contributed by atoms with Gasteiger partial charge in [-0.15, -0.1) is 6.58 Å². The van der Waals surface area contributed by atoms with E-state index in [0.29, 0.717) is 22.9 Å². The van der Waals surface area contributed by atoms with E-state index in [1.165, 1.54) is 6.08 Å². The molecule has 94 valence electrons. The maximum Gasteiger partial charge on any atom is 0.265 e. The number of aliphatic hydroxyl groups excluding tert-OH is 1. The molecule has 0 aliphatic carbocycles. The van der Waals surface area contributed by atoms with Crippen LogP contribution in [0.3, 0.4) is 0 Å². The van der Waals surface area contributed by atoms with Gasteiger partial charge in [-0.25, -0.2) is 0 Å². The Bertz CT molecular complexity index is 525. The van der Waals surface area contributed by atoms with Crippen molar-refractivity contribution in [1.29, 1.82) is 0 Å². The van der Waals surface area contributed by atoms with Crippen LogP contribution < -0.4 is 10.1 Å². The number of halogens is 1. The standard InChI is InChI=1S/C13H12ClNO3/c1-2-5-15-13(17)12-7-10(16)9-6-8(14)3-4-11(9)18-12/h2-4,6-7,12,16H,1,5H2,(H,15,17). The average Bonchev–Trinajstić information content (AvgIpc) is 2.36. The van der Waals surface area contributed by atoms with Crippen LogP contribution >= 0.6 is 11.6 Å². The van der Waals surface area contributed by atoms with Crippen molar-refractivity contribution < 1.29 is 14.6 Å². The van der Waals surface area contributed by atoms with Gasteiger partial charge < -0.3 is 15.2 Å². The molecule has 5 heteroatoms. The van der Waals surface area contributed by atoms with E-state index in [-0.39, 0.29) is 11.7 Å². The Kier molecular flexibility index (Phi) is 3.58. The summed E-state index contributed by atoms with van der Waals surface area (Å²) in [6.07, 6.45) is 2.06. The molecule has 2 N–H and O–H groups in total. The van der Waals surface area contributed by atoms with E-state index in [1.54, 1.807) is 24.3 Å². The van der Waals surface area contributed by atoms with Crippen molar-refractivity contribution in [3.05, 3.63) is 47.5 Å². The number of rotatable bonds is 3. The zero-order chi connectivity index (χ0) is 13.1. The predicted molar refractivity (Wildman–Crippen MR) is 69.7 cm³/mol. The lowest BCUT2D eigenvalue weighted by molar-refractivity contribution is -0.125. The largest absolute Gasteiger partial charge is 0.507 e. The highest BCUT2D eigenvalue weighted by Gasteiger charge is 2.25. The smallest absolute Gasteiger partial charge is 0.265 e. The van der Waals surface area contributed by atoms with Crippen LogP contribution in [0.1, 0.15) is 5.56 Å². The van der Waals surface area contributed by atoms with Crippen molar-refractivity contribution in [2.45, 2.75) is 6.10 Å². The molecule has 0 aromatic heterocycles. The second-order valence-corrected chi connectivity index (χ2v) is 4.20. The zero-order valence-electron chi connectivity index (χ0n) is 9.52. The van der Waals surface area contributed by atoms with E-state index in [4.69, 9.17) is 16.3 Å². The normalized spacial score (nSPS) is 17.2. The van der Waals surface area contributed by atoms with Gasteiger partial charge in [-0.05, 0) is 18.2 Å². The molecule has 1 aliphatic heterocycles. The molecule has 0 radical (unpaired) electrons. The Morgan fingerprint density at radius 1 is 1.61 bits per heavy atom. The van der Waals surface area contributed by atoms with Crippen molar-refractivity contribution in [2.75, 3.05) is 6.54 Å². The van der Waals surface area contributed by atoms with Gasteiger partial charge in [0, 0.05) is 17.6 Å². The molecule has 2 rings (SSSR count). The van der Waals surface area contributed by atoms with Crippen LogP contribution in [0, 0.1) is 0 Å². The van der Waals surface area contributed by atoms with E-state index in [1.807, 2.05) is 0 Å². The lowest BCUT2D eigenvalue weighted by Gasteiger charge is -2.22. The molecule has 0 spiro atoms. The van der Waals surface area contributed by atoms with Gasteiger partial charge in [0.05, 0.1) is 5.56 Å². The Morgan fingerprint density at radius 2 is 2.39 bits per heavy atom. The number of ether oxygens (including phenoxy) is 1. The fraction of sp³-hybridized carbons (Fsp3) is 0.154. The number of carbonyl (C=O) groups excluding carboxylic acids is 1. The van der Waals surface area contributed by atoms with Gasteiger partial charge in [-0.2, -0.15) is 0 Å². The maximum atomic E-state index is 11.7. The Morgan fingerprint density at radius 3 is 3.11 bits per heavy atom. The predicted octanol–water partition coefficient (Wildman–Crippen LogP) is 2.30. The van der Waals surface area contributed by atoms with Gasteiger partial charge in [-0.3, -0.25) is 4.79 Å². The van der Waals surface area contributed by atoms with Crippen molar-refractivity contribution in [2.24, 2.45) is 0 Å². The average molecular weight is 266 g/mol. The highest BCUT2D eigenvalue weighted by Crippen LogP contribution is 2.32. The van der Waals surface area contributed by atoms with Gasteiger partial charge in [-0.1, -0.05) is 17.7 Å². The molecule has 1 heterocycles. The van der Waals surface area contributed by atoms with Crippen LogP contribution in [-0.4, -0.2) is 23.7 Å². The number of amides is 1. The number of fused-ring (bicyclic) bond motifs is 1. The van der Waals surface area contributed by atoms with Crippen molar-refractivity contribution in [3.63, 3.8) is 0 Å². The molecule has 0 saturated heterocycles. The first-order valence-electron chi connectivity index (χ1n) is 5.38. The third kappa shape index (κ3) is 2.49. The number of carbonyl (C=O) groups is 1. The summed E-state index contributed by atoms with van der Waals surface area (Å²) in [5.41, 5.74) is 0.482. The van der Waals surface area contributed by atoms with Gasteiger partial charge in [0.1, 0.15) is 11.5 Å². The number of nitrogens with one attached hydrogen (secondary N) is 1. The first-order valence-corrected chi connectivity index (χ1v) is 5.75. The van der Waals surface area contributed by atoms with E-state index in [2.05, 4.69) is 11.9 Å². The van der Waals surface area contributed by atoms with Crippen LogP contribution in [0.4, 0.5) is 0 Å². The minimum Gasteiger partial charge on any atom is -0.507 e. The Hall–Kier alpha value is -1.94. The van der Waals surface area contributed by atoms with Crippen LogP contribution in [0.2, 0.25) is 5.02 Å². The minimum absolute atomic E-state index is 0.0162. The second-order valence-electron chi connectivity index (χ2n) is 3.76. The molecule has 0 fully saturated rings. The zero-order valence-corrected chi connectivity index (χ0v) is 10.3. The summed E-state index contributed by atoms with van der Waals surface area (Å²) in [6.45, 7) is 3.85. The number of hydrogen-bond donors (Lipinski definition) is 2. The van der Waals surface area contributed by atoms with Gasteiger partial charge in [0.15, 0.2) is 6.10 Å². The van der Waals surface area contributed by atoms with E-state index >= 15 is 0 Å². The minimum atomic E-state index is -0.848. The summed E-state index contributed by atoms with van der Waals surface area (Å²) in [7, 11) is 0. The van der Waals surface area contributed by atoms with Crippen LogP contribution in [0.15, 0.2) is 36.9 Å². The third-order valence-electron chi connectivity index (χ3n) is 2.46. The summed E-state index contributed by atoms with van der Waals surface area (Å²) < 4.78 is 5.47. The van der Waals surface area contributed by atoms with Crippen molar-refractivity contribution in [3.8, 4) is 5.75 Å². The summed E-state index contributed by atoms with van der Waals surface area (Å²) in [6, 6.07) is 4.84. The van der Waals surface area contributed by atoms with Crippen LogP contribution in [-0.2, 0) is 4.79 Å². The lowest BCUT2D eigenvalue weighted by Crippen LogP contribution is -2.38. The quantitative estimate of drug-likeness (QED) is 0.825. The lowest BCUT2D eigenvalue weighted by atomic mass is 10.1. The molecule has 1 unspecified atom stereocenters. The van der Waals surface area contributed by atoms with Crippen molar-refractivity contribution in [1.82, 2.24) is 5.32 Å². The molecule has 1 atom stereocenters. The third-order valence-corrected chi connectivity index (χ3v) is 2.69. The maximum absolute atomic E-state index is 11.7. The number of benzene rings is 1. The van der Waals surface area contributed by atoms with E-state index < -0.39 is 6.10 Å². The summed E-state index contributed by atoms with van der Waals surface area (Å²) >= 11 is 5.83. The summed E-state index contributed by atoms with van der Waals surface area (Å²) in [4.78, 5) is 11.7.